The number of aryl methyl sites for hydroxylation is 1. The Balaban J connectivity index is 1.73. The SMILES string of the molecule is Cc1ccc(CN2C(=O)c3oc4ccc(Cl)cc4c(=O)c3C2c2cccc(Cl)c2)cc1. The molecule has 4 aromatic rings. The number of amides is 1. The van der Waals surface area contributed by atoms with Gasteiger partial charge in [-0.3, -0.25) is 9.59 Å². The summed E-state index contributed by atoms with van der Waals surface area (Å²) in [6, 6.07) is 19.4. The van der Waals surface area contributed by atoms with Crippen LogP contribution in [0.5, 0.6) is 0 Å². The fraction of sp³-hybridized carbons (Fsp3) is 0.120. The van der Waals surface area contributed by atoms with E-state index in [9.17, 15) is 9.59 Å². The summed E-state index contributed by atoms with van der Waals surface area (Å²) in [7, 11) is 0. The lowest BCUT2D eigenvalue weighted by atomic mass is 9.98. The maximum Gasteiger partial charge on any atom is 0.291 e. The Bertz CT molecular complexity index is 1390. The van der Waals surface area contributed by atoms with Gasteiger partial charge in [0.1, 0.15) is 5.58 Å². The molecular weight excluding hydrogens is 433 g/mol. The highest BCUT2D eigenvalue weighted by molar-refractivity contribution is 6.31. The Kier molecular flexibility index (Phi) is 4.84. The third-order valence-corrected chi connectivity index (χ3v) is 6.04. The second kappa shape index (κ2) is 7.56. The molecule has 0 bridgehead atoms. The molecule has 1 aliphatic rings. The molecule has 1 unspecified atom stereocenters. The molecule has 4 nitrogen and oxygen atoms in total. The van der Waals surface area contributed by atoms with Crippen LogP contribution in [0.3, 0.4) is 0 Å². The number of rotatable bonds is 3. The minimum absolute atomic E-state index is 0.0666. The predicted octanol–water partition coefficient (Wildman–Crippen LogP) is 6.15. The van der Waals surface area contributed by atoms with Crippen molar-refractivity contribution in [2.75, 3.05) is 0 Å². The second-order valence-electron chi connectivity index (χ2n) is 7.69. The number of carbonyl (C=O) groups is 1. The summed E-state index contributed by atoms with van der Waals surface area (Å²) in [5.74, 6) is -0.258. The van der Waals surface area contributed by atoms with Crippen molar-refractivity contribution in [2.45, 2.75) is 19.5 Å². The van der Waals surface area contributed by atoms with Crippen LogP contribution < -0.4 is 5.43 Å². The predicted molar refractivity (Wildman–Crippen MR) is 122 cm³/mol. The van der Waals surface area contributed by atoms with Crippen molar-refractivity contribution in [1.29, 1.82) is 0 Å². The van der Waals surface area contributed by atoms with Gasteiger partial charge in [-0.05, 0) is 48.4 Å². The van der Waals surface area contributed by atoms with Gasteiger partial charge in [-0.15, -0.1) is 0 Å². The molecule has 0 fully saturated rings. The van der Waals surface area contributed by atoms with Crippen LogP contribution >= 0.6 is 23.2 Å². The van der Waals surface area contributed by atoms with Crippen molar-refractivity contribution >= 4 is 40.1 Å². The summed E-state index contributed by atoms with van der Waals surface area (Å²) in [5.41, 5.74) is 3.23. The molecule has 3 aromatic carbocycles. The molecule has 5 rings (SSSR count). The van der Waals surface area contributed by atoms with Crippen LogP contribution in [0.25, 0.3) is 11.0 Å². The zero-order valence-corrected chi connectivity index (χ0v) is 18.1. The zero-order chi connectivity index (χ0) is 21.7. The fourth-order valence-corrected chi connectivity index (χ4v) is 4.44. The van der Waals surface area contributed by atoms with Gasteiger partial charge in [-0.25, -0.2) is 0 Å². The number of carbonyl (C=O) groups excluding carboxylic acids is 1. The first-order valence-electron chi connectivity index (χ1n) is 9.80. The van der Waals surface area contributed by atoms with Gasteiger partial charge in [0.15, 0.2) is 5.43 Å². The van der Waals surface area contributed by atoms with Gasteiger partial charge in [0.25, 0.3) is 5.91 Å². The van der Waals surface area contributed by atoms with Crippen LogP contribution in [0.15, 0.2) is 75.9 Å². The first-order valence-corrected chi connectivity index (χ1v) is 10.6. The number of benzene rings is 3. The van der Waals surface area contributed by atoms with E-state index in [1.165, 1.54) is 0 Å². The molecule has 0 radical (unpaired) electrons. The van der Waals surface area contributed by atoms with Gasteiger partial charge in [0, 0.05) is 16.6 Å². The van der Waals surface area contributed by atoms with E-state index in [-0.39, 0.29) is 17.1 Å². The van der Waals surface area contributed by atoms with Crippen LogP contribution in [-0.2, 0) is 6.54 Å². The number of fused-ring (bicyclic) bond motifs is 2. The van der Waals surface area contributed by atoms with Gasteiger partial charge in [-0.2, -0.15) is 0 Å². The lowest BCUT2D eigenvalue weighted by Crippen LogP contribution is -2.29. The lowest BCUT2D eigenvalue weighted by Gasteiger charge is -2.25. The van der Waals surface area contributed by atoms with Gasteiger partial charge < -0.3 is 9.32 Å². The highest BCUT2D eigenvalue weighted by Crippen LogP contribution is 2.39. The quantitative estimate of drug-likeness (QED) is 0.376. The summed E-state index contributed by atoms with van der Waals surface area (Å²) in [6.07, 6.45) is 0. The number of nitrogens with zero attached hydrogens (tertiary/aromatic N) is 1. The van der Waals surface area contributed by atoms with Crippen LogP contribution in [0.2, 0.25) is 10.0 Å². The minimum Gasteiger partial charge on any atom is -0.450 e. The van der Waals surface area contributed by atoms with Gasteiger partial charge >= 0.3 is 0 Å². The van der Waals surface area contributed by atoms with Gasteiger partial charge in [0.2, 0.25) is 5.76 Å². The summed E-state index contributed by atoms with van der Waals surface area (Å²) >= 11 is 12.4. The van der Waals surface area contributed by atoms with Crippen LogP contribution in [0.4, 0.5) is 0 Å². The van der Waals surface area contributed by atoms with Crippen molar-refractivity contribution in [1.82, 2.24) is 4.90 Å². The minimum atomic E-state index is -0.609. The van der Waals surface area contributed by atoms with E-state index in [0.29, 0.717) is 33.1 Å². The van der Waals surface area contributed by atoms with E-state index in [0.717, 1.165) is 16.7 Å². The van der Waals surface area contributed by atoms with Crippen LogP contribution in [-0.4, -0.2) is 10.8 Å². The van der Waals surface area contributed by atoms with Crippen LogP contribution in [0.1, 0.15) is 38.9 Å². The molecule has 6 heteroatoms. The Labute approximate surface area is 188 Å². The topological polar surface area (TPSA) is 50.5 Å². The van der Waals surface area contributed by atoms with Crippen molar-refractivity contribution in [3.63, 3.8) is 0 Å². The summed E-state index contributed by atoms with van der Waals surface area (Å²) in [6.45, 7) is 2.34. The molecule has 1 aliphatic heterocycles. The first kappa shape index (κ1) is 19.9. The third-order valence-electron chi connectivity index (χ3n) is 5.57. The summed E-state index contributed by atoms with van der Waals surface area (Å²) < 4.78 is 5.94. The Morgan fingerprint density at radius 2 is 1.68 bits per heavy atom. The average molecular weight is 450 g/mol. The molecular formula is C25H17Cl2NO3. The molecule has 0 spiro atoms. The molecule has 1 atom stereocenters. The highest BCUT2D eigenvalue weighted by Gasteiger charge is 2.42. The normalized spacial score (nSPS) is 15.5. The van der Waals surface area contributed by atoms with Crippen molar-refractivity contribution < 1.29 is 9.21 Å². The summed E-state index contributed by atoms with van der Waals surface area (Å²) in [4.78, 5) is 28.6. The Morgan fingerprint density at radius 3 is 2.42 bits per heavy atom. The third kappa shape index (κ3) is 3.42. The van der Waals surface area contributed by atoms with Gasteiger partial charge in [0.05, 0.1) is 17.0 Å². The molecule has 0 saturated carbocycles. The standard InChI is InChI=1S/C25H17Cl2NO3/c1-14-5-7-15(8-6-14)13-28-22(16-3-2-4-17(26)11-16)21-23(29)19-12-18(27)9-10-20(19)31-24(21)25(28)30/h2-12,22H,13H2,1H3. The number of halogens is 2. The van der Waals surface area contributed by atoms with Crippen molar-refractivity contribution in [3.05, 3.63) is 115 Å². The monoisotopic (exact) mass is 449 g/mol. The zero-order valence-electron chi connectivity index (χ0n) is 16.6. The number of hydrogen-bond acceptors (Lipinski definition) is 3. The molecule has 0 saturated heterocycles. The summed E-state index contributed by atoms with van der Waals surface area (Å²) in [5, 5.41) is 1.31. The van der Waals surface area contributed by atoms with Crippen molar-refractivity contribution in [2.24, 2.45) is 0 Å². The van der Waals surface area contributed by atoms with E-state index in [2.05, 4.69) is 0 Å². The van der Waals surface area contributed by atoms with Crippen LogP contribution in [0, 0.1) is 6.92 Å². The second-order valence-corrected chi connectivity index (χ2v) is 8.56. The molecule has 154 valence electrons. The van der Waals surface area contributed by atoms with E-state index in [1.807, 2.05) is 43.3 Å². The van der Waals surface area contributed by atoms with E-state index in [1.54, 1.807) is 35.2 Å². The molecule has 0 N–H and O–H groups in total. The maximum atomic E-state index is 13.5. The fourth-order valence-electron chi connectivity index (χ4n) is 4.07. The van der Waals surface area contributed by atoms with Crippen molar-refractivity contribution in [3.8, 4) is 0 Å². The molecule has 1 amide bonds. The highest BCUT2D eigenvalue weighted by atomic mass is 35.5. The average Bonchev–Trinajstić information content (AvgIpc) is 3.02. The van der Waals surface area contributed by atoms with Gasteiger partial charge in [-0.1, -0.05) is 65.2 Å². The molecule has 0 aliphatic carbocycles. The maximum absolute atomic E-state index is 13.5. The molecule has 2 heterocycles. The molecule has 1 aromatic heterocycles. The largest absolute Gasteiger partial charge is 0.450 e. The van der Waals surface area contributed by atoms with E-state index < -0.39 is 6.04 Å². The molecule has 31 heavy (non-hydrogen) atoms. The first-order chi connectivity index (χ1) is 14.9. The number of hydrogen-bond donors (Lipinski definition) is 0. The Morgan fingerprint density at radius 1 is 0.935 bits per heavy atom. The smallest absolute Gasteiger partial charge is 0.291 e. The lowest BCUT2D eigenvalue weighted by molar-refractivity contribution is 0.0714. The van der Waals surface area contributed by atoms with E-state index >= 15 is 0 Å². The Hall–Kier alpha value is -3.08. The van der Waals surface area contributed by atoms with E-state index in [4.69, 9.17) is 27.6 Å².